The molecule has 8 heteroatoms. The lowest BCUT2D eigenvalue weighted by molar-refractivity contribution is 0.0709. The number of aryl methyl sites for hydroxylation is 1. The minimum Gasteiger partial charge on any atom is -0.371 e. The first-order valence-electron chi connectivity index (χ1n) is 11.8. The predicted molar refractivity (Wildman–Crippen MR) is 131 cm³/mol. The number of carbonyl (C=O) groups is 1. The fraction of sp³-hybridized carbons (Fsp3) is 0.520. The molecule has 1 amide bonds. The van der Waals surface area contributed by atoms with Gasteiger partial charge in [0.2, 0.25) is 10.0 Å². The fourth-order valence-electron chi connectivity index (χ4n) is 5.00. The van der Waals surface area contributed by atoms with Crippen molar-refractivity contribution in [3.8, 4) is 0 Å². The number of hydrogen-bond donors (Lipinski definition) is 1. The molecule has 1 saturated heterocycles. The average molecular weight is 471 g/mol. The summed E-state index contributed by atoms with van der Waals surface area (Å²) in [5.41, 5.74) is 3.86. The third kappa shape index (κ3) is 5.55. The summed E-state index contributed by atoms with van der Waals surface area (Å²) in [4.78, 5) is 21.6. The van der Waals surface area contributed by atoms with Gasteiger partial charge in [-0.3, -0.25) is 9.78 Å². The van der Waals surface area contributed by atoms with Crippen LogP contribution in [0.15, 0.2) is 42.7 Å². The fourth-order valence-corrected chi connectivity index (χ4v) is 6.65. The quantitative estimate of drug-likeness (QED) is 0.671. The maximum atomic E-state index is 13.3. The lowest BCUT2D eigenvalue weighted by atomic mass is 10.0. The predicted octanol–water partition coefficient (Wildman–Crippen LogP) is 3.39. The molecule has 7 nitrogen and oxygen atoms in total. The van der Waals surface area contributed by atoms with Crippen LogP contribution in [-0.2, 0) is 16.4 Å². The second-order valence-corrected chi connectivity index (χ2v) is 11.4. The number of rotatable bonds is 7. The molecule has 0 spiro atoms. The molecule has 1 aliphatic carbocycles. The number of aromatic nitrogens is 1. The van der Waals surface area contributed by atoms with Crippen molar-refractivity contribution < 1.29 is 13.2 Å². The number of hydrogen-bond acceptors (Lipinski definition) is 5. The molecule has 1 aromatic heterocycles. The van der Waals surface area contributed by atoms with Gasteiger partial charge < -0.3 is 9.80 Å². The van der Waals surface area contributed by atoms with Crippen LogP contribution in [0, 0.1) is 5.92 Å². The molecular weight excluding hydrogens is 436 g/mol. The second kappa shape index (κ2) is 9.81. The highest BCUT2D eigenvalue weighted by Gasteiger charge is 2.30. The maximum Gasteiger partial charge on any atom is 0.253 e. The van der Waals surface area contributed by atoms with Crippen LogP contribution in [0.4, 0.5) is 5.69 Å². The summed E-state index contributed by atoms with van der Waals surface area (Å²) in [6, 6.07) is 9.73. The number of benzene rings is 1. The van der Waals surface area contributed by atoms with Crippen molar-refractivity contribution in [2.75, 3.05) is 30.8 Å². The molecule has 2 aromatic rings. The Morgan fingerprint density at radius 2 is 1.85 bits per heavy atom. The van der Waals surface area contributed by atoms with E-state index in [9.17, 15) is 13.2 Å². The topological polar surface area (TPSA) is 82.6 Å². The minimum absolute atomic E-state index is 0.00384. The minimum atomic E-state index is -3.36. The van der Waals surface area contributed by atoms with Gasteiger partial charge in [-0.05, 0) is 67.0 Å². The molecule has 2 heterocycles. The third-order valence-corrected chi connectivity index (χ3v) is 8.45. The molecule has 33 heavy (non-hydrogen) atoms. The van der Waals surface area contributed by atoms with Crippen LogP contribution in [0.5, 0.6) is 0 Å². The standard InChI is InChI=1S/C25H34N4O3S/c1-18(2)17-33(31,32)27-24-7-6-19-4-5-20(16-23(19)24)25(30)28(3)21-10-14-29(15-11-21)22-8-12-26-13-9-22/h4-5,8-9,12-13,16,18,21,24,27H,6-7,10-11,14-15,17H2,1-3H3/t24-/m1/s1. The first-order chi connectivity index (χ1) is 15.7. The lowest BCUT2D eigenvalue weighted by Crippen LogP contribution is -2.45. The van der Waals surface area contributed by atoms with Crippen molar-refractivity contribution in [3.63, 3.8) is 0 Å². The number of carbonyl (C=O) groups excluding carboxylic acids is 1. The zero-order valence-corrected chi connectivity index (χ0v) is 20.5. The molecule has 0 unspecified atom stereocenters. The van der Waals surface area contributed by atoms with Crippen LogP contribution in [-0.4, -0.2) is 56.1 Å². The molecule has 1 fully saturated rings. The molecule has 1 aromatic carbocycles. The number of sulfonamides is 1. The largest absolute Gasteiger partial charge is 0.371 e. The van der Waals surface area contributed by atoms with Gasteiger partial charge in [-0.25, -0.2) is 13.1 Å². The molecule has 4 rings (SSSR count). The third-order valence-electron chi connectivity index (χ3n) is 6.71. The number of anilines is 1. The number of piperidine rings is 1. The Labute approximate surface area is 197 Å². The summed E-state index contributed by atoms with van der Waals surface area (Å²) in [6.07, 6.45) is 6.98. The molecule has 0 bridgehead atoms. The molecule has 0 radical (unpaired) electrons. The Kier molecular flexibility index (Phi) is 7.05. The van der Waals surface area contributed by atoms with Gasteiger partial charge in [-0.1, -0.05) is 19.9 Å². The van der Waals surface area contributed by atoms with Crippen LogP contribution in [0.25, 0.3) is 0 Å². The molecule has 1 atom stereocenters. The van der Waals surface area contributed by atoms with E-state index in [-0.39, 0.29) is 29.7 Å². The van der Waals surface area contributed by atoms with Gasteiger partial charge in [-0.2, -0.15) is 0 Å². The van der Waals surface area contributed by atoms with Crippen LogP contribution in [0.3, 0.4) is 0 Å². The van der Waals surface area contributed by atoms with E-state index in [0.717, 1.165) is 49.9 Å². The van der Waals surface area contributed by atoms with Crippen LogP contribution >= 0.6 is 0 Å². The SMILES string of the molecule is CC(C)CS(=O)(=O)N[C@@H]1CCc2ccc(C(=O)N(C)C3CCN(c4ccncc4)CC3)cc21. The second-order valence-electron chi connectivity index (χ2n) is 9.64. The highest BCUT2D eigenvalue weighted by Crippen LogP contribution is 2.33. The first-order valence-corrected chi connectivity index (χ1v) is 13.4. The van der Waals surface area contributed by atoms with Crippen molar-refractivity contribution in [2.45, 2.75) is 51.6 Å². The van der Waals surface area contributed by atoms with Gasteiger partial charge in [0, 0.05) is 55.9 Å². The summed E-state index contributed by atoms with van der Waals surface area (Å²) in [6.45, 7) is 5.60. The number of pyridine rings is 1. The molecule has 1 aliphatic heterocycles. The number of fused-ring (bicyclic) bond motifs is 1. The first kappa shape index (κ1) is 23.7. The van der Waals surface area contributed by atoms with Crippen LogP contribution in [0.2, 0.25) is 0 Å². The van der Waals surface area contributed by atoms with Crippen molar-refractivity contribution in [1.29, 1.82) is 0 Å². The molecular formula is C25H34N4O3S. The van der Waals surface area contributed by atoms with E-state index >= 15 is 0 Å². The number of nitrogens with zero attached hydrogens (tertiary/aromatic N) is 3. The Hall–Kier alpha value is -2.45. The Morgan fingerprint density at radius 3 is 2.52 bits per heavy atom. The van der Waals surface area contributed by atoms with Gasteiger partial charge in [-0.15, -0.1) is 0 Å². The zero-order chi connectivity index (χ0) is 23.6. The molecule has 0 saturated carbocycles. The summed E-state index contributed by atoms with van der Waals surface area (Å²) in [5, 5.41) is 0. The number of nitrogens with one attached hydrogen (secondary N) is 1. The molecule has 2 aliphatic rings. The normalized spacial score (nSPS) is 19.0. The summed E-state index contributed by atoms with van der Waals surface area (Å²) < 4.78 is 27.8. The zero-order valence-electron chi connectivity index (χ0n) is 19.7. The van der Waals surface area contributed by atoms with Gasteiger partial charge in [0.1, 0.15) is 0 Å². The van der Waals surface area contributed by atoms with Crippen LogP contribution in [0.1, 0.15) is 60.6 Å². The Balaban J connectivity index is 1.42. The van der Waals surface area contributed by atoms with E-state index in [4.69, 9.17) is 0 Å². The van der Waals surface area contributed by atoms with E-state index in [1.54, 1.807) is 12.4 Å². The molecule has 178 valence electrons. The van der Waals surface area contributed by atoms with Gasteiger partial charge in [0.05, 0.1) is 5.75 Å². The number of amides is 1. The monoisotopic (exact) mass is 470 g/mol. The van der Waals surface area contributed by atoms with E-state index in [1.165, 1.54) is 5.69 Å². The lowest BCUT2D eigenvalue weighted by Gasteiger charge is -2.38. The van der Waals surface area contributed by atoms with E-state index in [0.29, 0.717) is 5.56 Å². The van der Waals surface area contributed by atoms with Crippen molar-refractivity contribution >= 4 is 21.6 Å². The van der Waals surface area contributed by atoms with Crippen molar-refractivity contribution in [2.24, 2.45) is 5.92 Å². The van der Waals surface area contributed by atoms with Crippen LogP contribution < -0.4 is 9.62 Å². The van der Waals surface area contributed by atoms with Crippen molar-refractivity contribution in [1.82, 2.24) is 14.6 Å². The van der Waals surface area contributed by atoms with Gasteiger partial charge in [0.15, 0.2) is 0 Å². The van der Waals surface area contributed by atoms with E-state index in [2.05, 4.69) is 14.6 Å². The van der Waals surface area contributed by atoms with E-state index < -0.39 is 10.0 Å². The summed E-state index contributed by atoms with van der Waals surface area (Å²) in [7, 11) is -1.48. The molecule has 1 N–H and O–H groups in total. The smallest absolute Gasteiger partial charge is 0.253 e. The summed E-state index contributed by atoms with van der Waals surface area (Å²) >= 11 is 0. The summed E-state index contributed by atoms with van der Waals surface area (Å²) in [5.74, 6) is 0.170. The Morgan fingerprint density at radius 1 is 1.15 bits per heavy atom. The Bertz CT molecular complexity index is 1080. The van der Waals surface area contributed by atoms with Crippen molar-refractivity contribution in [3.05, 3.63) is 59.4 Å². The average Bonchev–Trinajstić information content (AvgIpc) is 3.19. The highest BCUT2D eigenvalue weighted by molar-refractivity contribution is 7.89. The van der Waals surface area contributed by atoms with Gasteiger partial charge >= 0.3 is 0 Å². The van der Waals surface area contributed by atoms with E-state index in [1.807, 2.05) is 56.1 Å². The highest BCUT2D eigenvalue weighted by atomic mass is 32.2. The maximum absolute atomic E-state index is 13.3. The van der Waals surface area contributed by atoms with Gasteiger partial charge in [0.25, 0.3) is 5.91 Å².